The Bertz CT molecular complexity index is 235. The zero-order valence-electron chi connectivity index (χ0n) is 11.0. The van der Waals surface area contributed by atoms with E-state index in [1.54, 1.807) is 0 Å². The van der Waals surface area contributed by atoms with E-state index in [1.807, 2.05) is 0 Å². The molecule has 0 aromatic rings. The van der Waals surface area contributed by atoms with E-state index >= 15 is 0 Å². The molecule has 2 heteroatoms. The molecule has 0 heterocycles. The third-order valence-electron chi connectivity index (χ3n) is 4.73. The Hall–Kier alpha value is -0.0800. The first kappa shape index (κ1) is 12.0. The van der Waals surface area contributed by atoms with Gasteiger partial charge in [-0.25, -0.2) is 0 Å². The van der Waals surface area contributed by atoms with Crippen molar-refractivity contribution in [2.75, 3.05) is 19.8 Å². The summed E-state index contributed by atoms with van der Waals surface area (Å²) in [6, 6.07) is 0.791. The molecule has 3 rings (SSSR count). The van der Waals surface area contributed by atoms with Crippen LogP contribution in [0, 0.1) is 17.8 Å². The minimum absolute atomic E-state index is 0.791. The van der Waals surface area contributed by atoms with Crippen LogP contribution in [0.25, 0.3) is 0 Å². The predicted molar refractivity (Wildman–Crippen MR) is 70.0 cm³/mol. The van der Waals surface area contributed by atoms with Crippen LogP contribution in [0.5, 0.6) is 0 Å². The Labute approximate surface area is 105 Å². The van der Waals surface area contributed by atoms with Gasteiger partial charge in [-0.3, -0.25) is 0 Å². The Balaban J connectivity index is 1.25. The summed E-state index contributed by atoms with van der Waals surface area (Å²) in [5, 5.41) is 3.70. The first-order valence-electron chi connectivity index (χ1n) is 7.73. The van der Waals surface area contributed by atoms with E-state index in [1.165, 1.54) is 51.4 Å². The average Bonchev–Trinajstić information content (AvgIpc) is 3.22. The topological polar surface area (TPSA) is 21.3 Å². The van der Waals surface area contributed by atoms with Crippen LogP contribution in [0.15, 0.2) is 0 Å². The third kappa shape index (κ3) is 3.96. The molecule has 2 unspecified atom stereocenters. The van der Waals surface area contributed by atoms with E-state index in [0.717, 1.165) is 43.6 Å². The van der Waals surface area contributed by atoms with Crippen molar-refractivity contribution in [2.24, 2.45) is 17.8 Å². The molecular weight excluding hydrogens is 210 g/mol. The molecule has 98 valence electrons. The number of hydrogen-bond acceptors (Lipinski definition) is 2. The van der Waals surface area contributed by atoms with Crippen LogP contribution in [0.2, 0.25) is 0 Å². The summed E-state index contributed by atoms with van der Waals surface area (Å²) in [7, 11) is 0. The molecule has 3 fully saturated rings. The van der Waals surface area contributed by atoms with Crippen molar-refractivity contribution in [2.45, 2.75) is 57.4 Å². The second-order valence-electron chi connectivity index (χ2n) is 6.43. The zero-order valence-corrected chi connectivity index (χ0v) is 11.0. The predicted octanol–water partition coefficient (Wildman–Crippen LogP) is 2.97. The highest BCUT2D eigenvalue weighted by Crippen LogP contribution is 2.43. The molecule has 0 aromatic carbocycles. The van der Waals surface area contributed by atoms with Crippen molar-refractivity contribution in [1.82, 2.24) is 5.32 Å². The summed E-state index contributed by atoms with van der Waals surface area (Å²) in [6.45, 7) is 2.99. The molecule has 0 radical (unpaired) electrons. The standard InChI is InChI=1S/C15H27NO/c1-2-14(13-6-7-13)10-15(3-1)16-8-9-17-11-12-4-5-12/h12-16H,1-11H2. The van der Waals surface area contributed by atoms with Gasteiger partial charge in [-0.05, 0) is 56.3 Å². The summed E-state index contributed by atoms with van der Waals surface area (Å²) in [4.78, 5) is 0. The monoisotopic (exact) mass is 237 g/mol. The quantitative estimate of drug-likeness (QED) is 0.687. The summed E-state index contributed by atoms with van der Waals surface area (Å²) in [6.07, 6.45) is 11.6. The lowest BCUT2D eigenvalue weighted by Crippen LogP contribution is -2.36. The number of hydrogen-bond donors (Lipinski definition) is 1. The molecule has 3 aliphatic rings. The molecule has 0 aromatic heterocycles. The van der Waals surface area contributed by atoms with Gasteiger partial charge in [0.15, 0.2) is 0 Å². The highest BCUT2D eigenvalue weighted by Gasteiger charge is 2.34. The first-order chi connectivity index (χ1) is 8.42. The molecule has 0 bridgehead atoms. The van der Waals surface area contributed by atoms with Crippen LogP contribution in [0.1, 0.15) is 51.4 Å². The van der Waals surface area contributed by atoms with Crippen molar-refractivity contribution in [3.63, 3.8) is 0 Å². The molecule has 1 N–H and O–H groups in total. The van der Waals surface area contributed by atoms with Gasteiger partial charge in [0.25, 0.3) is 0 Å². The third-order valence-corrected chi connectivity index (χ3v) is 4.73. The maximum absolute atomic E-state index is 5.67. The molecule has 2 atom stereocenters. The average molecular weight is 237 g/mol. The van der Waals surface area contributed by atoms with Crippen LogP contribution in [0.4, 0.5) is 0 Å². The Morgan fingerprint density at radius 3 is 2.59 bits per heavy atom. The van der Waals surface area contributed by atoms with Gasteiger partial charge >= 0.3 is 0 Å². The van der Waals surface area contributed by atoms with E-state index < -0.39 is 0 Å². The van der Waals surface area contributed by atoms with Crippen molar-refractivity contribution < 1.29 is 4.74 Å². The van der Waals surface area contributed by atoms with Crippen LogP contribution in [0.3, 0.4) is 0 Å². The van der Waals surface area contributed by atoms with Crippen molar-refractivity contribution in [3.05, 3.63) is 0 Å². The molecule has 2 nitrogen and oxygen atoms in total. The number of nitrogens with one attached hydrogen (secondary N) is 1. The second-order valence-corrected chi connectivity index (χ2v) is 6.43. The van der Waals surface area contributed by atoms with Crippen LogP contribution < -0.4 is 5.32 Å². The Kier molecular flexibility index (Phi) is 4.02. The molecular formula is C15H27NO. The van der Waals surface area contributed by atoms with Gasteiger partial charge in [0.2, 0.25) is 0 Å². The van der Waals surface area contributed by atoms with Gasteiger partial charge in [-0.1, -0.05) is 12.8 Å². The van der Waals surface area contributed by atoms with Gasteiger partial charge in [0.1, 0.15) is 0 Å². The van der Waals surface area contributed by atoms with Crippen molar-refractivity contribution in [3.8, 4) is 0 Å². The second kappa shape index (κ2) is 5.71. The highest BCUT2D eigenvalue weighted by molar-refractivity contribution is 4.87. The van der Waals surface area contributed by atoms with E-state index in [2.05, 4.69) is 5.32 Å². The Morgan fingerprint density at radius 1 is 0.941 bits per heavy atom. The minimum atomic E-state index is 0.791. The molecule has 3 saturated carbocycles. The van der Waals surface area contributed by atoms with Crippen LogP contribution in [-0.2, 0) is 4.74 Å². The van der Waals surface area contributed by atoms with Gasteiger partial charge in [0, 0.05) is 19.2 Å². The van der Waals surface area contributed by atoms with Crippen molar-refractivity contribution in [1.29, 1.82) is 0 Å². The zero-order chi connectivity index (χ0) is 11.5. The van der Waals surface area contributed by atoms with Gasteiger partial charge < -0.3 is 10.1 Å². The fourth-order valence-corrected chi connectivity index (χ4v) is 3.28. The lowest BCUT2D eigenvalue weighted by Gasteiger charge is -2.30. The normalized spacial score (nSPS) is 33.9. The molecule has 0 aliphatic heterocycles. The lowest BCUT2D eigenvalue weighted by molar-refractivity contribution is 0.121. The molecule has 3 aliphatic carbocycles. The lowest BCUT2D eigenvalue weighted by atomic mass is 9.83. The van der Waals surface area contributed by atoms with Crippen molar-refractivity contribution >= 4 is 0 Å². The first-order valence-corrected chi connectivity index (χ1v) is 7.73. The largest absolute Gasteiger partial charge is 0.380 e. The maximum atomic E-state index is 5.67. The van der Waals surface area contributed by atoms with E-state index in [4.69, 9.17) is 4.74 Å². The fraction of sp³-hybridized carbons (Fsp3) is 1.00. The summed E-state index contributed by atoms with van der Waals surface area (Å²) < 4.78 is 5.67. The van der Waals surface area contributed by atoms with Crippen LogP contribution in [-0.4, -0.2) is 25.8 Å². The number of rotatable bonds is 7. The van der Waals surface area contributed by atoms with Gasteiger partial charge in [-0.2, -0.15) is 0 Å². The molecule has 17 heavy (non-hydrogen) atoms. The molecule has 0 spiro atoms. The maximum Gasteiger partial charge on any atom is 0.0591 e. The van der Waals surface area contributed by atoms with Crippen LogP contribution >= 0.6 is 0 Å². The molecule has 0 saturated heterocycles. The van der Waals surface area contributed by atoms with Gasteiger partial charge in [0.05, 0.1) is 6.61 Å². The summed E-state index contributed by atoms with van der Waals surface area (Å²) in [5.74, 6) is 3.06. The van der Waals surface area contributed by atoms with Gasteiger partial charge in [-0.15, -0.1) is 0 Å². The summed E-state index contributed by atoms with van der Waals surface area (Å²) in [5.41, 5.74) is 0. The molecule has 0 amide bonds. The minimum Gasteiger partial charge on any atom is -0.380 e. The van der Waals surface area contributed by atoms with E-state index in [9.17, 15) is 0 Å². The Morgan fingerprint density at radius 2 is 1.82 bits per heavy atom. The highest BCUT2D eigenvalue weighted by atomic mass is 16.5. The van der Waals surface area contributed by atoms with E-state index in [-0.39, 0.29) is 0 Å². The van der Waals surface area contributed by atoms with E-state index in [0.29, 0.717) is 0 Å². The summed E-state index contributed by atoms with van der Waals surface area (Å²) >= 11 is 0. The fourth-order valence-electron chi connectivity index (χ4n) is 3.28. The number of ether oxygens (including phenoxy) is 1. The SMILES string of the molecule is C1CC(NCCOCC2CC2)CC(C2CC2)C1. The smallest absolute Gasteiger partial charge is 0.0591 e.